The fourth-order valence-corrected chi connectivity index (χ4v) is 1.76. The Balaban J connectivity index is 2.01. The lowest BCUT2D eigenvalue weighted by Crippen LogP contribution is -2.20. The van der Waals surface area contributed by atoms with Gasteiger partial charge in [0.05, 0.1) is 0 Å². The first-order valence-corrected chi connectivity index (χ1v) is 5.70. The number of anilines is 1. The lowest BCUT2D eigenvalue weighted by molar-refractivity contribution is 0.571. The number of benzene rings is 1. The molecule has 1 atom stereocenters. The Kier molecular flexibility index (Phi) is 2.96. The molecule has 2 rings (SSSR count). The Hall–Kier alpha value is -1.02. The fourth-order valence-electron chi connectivity index (χ4n) is 1.76. The normalized spacial score (nSPS) is 17.5. The average Bonchev–Trinajstić information content (AvgIpc) is 3.02. The van der Waals surface area contributed by atoms with Crippen LogP contribution in [-0.2, 0) is 0 Å². The van der Waals surface area contributed by atoms with Crippen molar-refractivity contribution in [2.24, 2.45) is 0 Å². The number of hydrogen-bond acceptors (Lipinski definition) is 2. The molecule has 1 saturated carbocycles. The summed E-state index contributed by atoms with van der Waals surface area (Å²) in [5.74, 6) is 0. The van der Waals surface area contributed by atoms with E-state index in [1.165, 1.54) is 24.1 Å². The van der Waals surface area contributed by atoms with Crippen molar-refractivity contribution in [1.29, 1.82) is 0 Å². The third-order valence-electron chi connectivity index (χ3n) is 2.97. The molecule has 1 aliphatic rings. The zero-order valence-corrected chi connectivity index (χ0v) is 9.83. The highest BCUT2D eigenvalue weighted by Gasteiger charge is 2.23. The second-order valence-electron chi connectivity index (χ2n) is 4.65. The topological polar surface area (TPSA) is 15.3 Å². The molecule has 1 N–H and O–H groups in total. The molecule has 0 bridgehead atoms. The van der Waals surface area contributed by atoms with E-state index in [-0.39, 0.29) is 0 Å². The van der Waals surface area contributed by atoms with Crippen LogP contribution in [-0.4, -0.2) is 20.1 Å². The highest BCUT2D eigenvalue weighted by molar-refractivity contribution is 5.46. The van der Waals surface area contributed by atoms with Crippen LogP contribution in [0.15, 0.2) is 24.3 Å². The van der Waals surface area contributed by atoms with Gasteiger partial charge in [-0.3, -0.25) is 0 Å². The van der Waals surface area contributed by atoms with E-state index < -0.39 is 0 Å². The number of rotatable bonds is 4. The van der Waals surface area contributed by atoms with Crippen LogP contribution >= 0.6 is 0 Å². The van der Waals surface area contributed by atoms with Crippen molar-refractivity contribution in [3.05, 3.63) is 29.8 Å². The highest BCUT2D eigenvalue weighted by Crippen LogP contribution is 2.24. The van der Waals surface area contributed by atoms with E-state index in [4.69, 9.17) is 0 Å². The van der Waals surface area contributed by atoms with Crippen LogP contribution in [0.5, 0.6) is 0 Å². The van der Waals surface area contributed by atoms with E-state index in [0.29, 0.717) is 6.04 Å². The maximum absolute atomic E-state index is 3.61. The second-order valence-corrected chi connectivity index (χ2v) is 4.65. The number of nitrogens with one attached hydrogen (secondary N) is 1. The SMILES string of the molecule is C[C@@H](NC1CC1)c1ccc(N(C)C)cc1. The smallest absolute Gasteiger partial charge is 0.0361 e. The first-order chi connectivity index (χ1) is 7.16. The minimum absolute atomic E-state index is 0.480. The number of nitrogens with zero attached hydrogens (tertiary/aromatic N) is 1. The minimum atomic E-state index is 0.480. The van der Waals surface area contributed by atoms with Crippen molar-refractivity contribution < 1.29 is 0 Å². The molecular weight excluding hydrogens is 184 g/mol. The van der Waals surface area contributed by atoms with Crippen molar-refractivity contribution in [3.8, 4) is 0 Å². The molecule has 0 aliphatic heterocycles. The Labute approximate surface area is 92.3 Å². The van der Waals surface area contributed by atoms with E-state index in [2.05, 4.69) is 55.5 Å². The summed E-state index contributed by atoms with van der Waals surface area (Å²) < 4.78 is 0. The van der Waals surface area contributed by atoms with Crippen LogP contribution in [0.1, 0.15) is 31.4 Å². The Morgan fingerprint density at radius 1 is 1.20 bits per heavy atom. The molecule has 0 aromatic heterocycles. The van der Waals surface area contributed by atoms with Gasteiger partial charge in [-0.15, -0.1) is 0 Å². The predicted octanol–water partition coefficient (Wildman–Crippen LogP) is 2.57. The van der Waals surface area contributed by atoms with Gasteiger partial charge < -0.3 is 10.2 Å². The molecular formula is C13H20N2. The molecule has 2 heteroatoms. The monoisotopic (exact) mass is 204 g/mol. The summed E-state index contributed by atoms with van der Waals surface area (Å²) in [6, 6.07) is 10.0. The van der Waals surface area contributed by atoms with E-state index in [9.17, 15) is 0 Å². The van der Waals surface area contributed by atoms with Crippen molar-refractivity contribution in [2.75, 3.05) is 19.0 Å². The molecule has 0 unspecified atom stereocenters. The van der Waals surface area contributed by atoms with Gasteiger partial charge in [-0.1, -0.05) is 12.1 Å². The fraction of sp³-hybridized carbons (Fsp3) is 0.538. The zero-order chi connectivity index (χ0) is 10.8. The van der Waals surface area contributed by atoms with Gasteiger partial charge in [-0.25, -0.2) is 0 Å². The van der Waals surface area contributed by atoms with Gasteiger partial charge in [-0.2, -0.15) is 0 Å². The Morgan fingerprint density at radius 3 is 2.27 bits per heavy atom. The van der Waals surface area contributed by atoms with Crippen LogP contribution < -0.4 is 10.2 Å². The summed E-state index contributed by atoms with van der Waals surface area (Å²) in [7, 11) is 4.14. The number of hydrogen-bond donors (Lipinski definition) is 1. The van der Waals surface area contributed by atoms with Gasteiger partial charge in [-0.05, 0) is 37.5 Å². The van der Waals surface area contributed by atoms with Crippen LogP contribution in [0, 0.1) is 0 Å². The van der Waals surface area contributed by atoms with Crippen molar-refractivity contribution >= 4 is 5.69 Å². The summed E-state index contributed by atoms with van der Waals surface area (Å²) in [6.07, 6.45) is 2.69. The van der Waals surface area contributed by atoms with Gasteiger partial charge in [0, 0.05) is 31.9 Å². The molecule has 2 nitrogen and oxygen atoms in total. The molecule has 1 aromatic carbocycles. The van der Waals surface area contributed by atoms with Crippen molar-refractivity contribution in [2.45, 2.75) is 31.8 Å². The molecule has 82 valence electrons. The molecule has 1 fully saturated rings. The van der Waals surface area contributed by atoms with Gasteiger partial charge in [0.2, 0.25) is 0 Å². The van der Waals surface area contributed by atoms with Gasteiger partial charge >= 0.3 is 0 Å². The summed E-state index contributed by atoms with van der Waals surface area (Å²) in [5.41, 5.74) is 2.64. The van der Waals surface area contributed by atoms with Crippen LogP contribution in [0.3, 0.4) is 0 Å². The quantitative estimate of drug-likeness (QED) is 0.811. The summed E-state index contributed by atoms with van der Waals surface area (Å²) in [6.45, 7) is 2.24. The first-order valence-electron chi connectivity index (χ1n) is 5.70. The molecule has 0 amide bonds. The van der Waals surface area contributed by atoms with E-state index in [1.807, 2.05) is 0 Å². The zero-order valence-electron chi connectivity index (χ0n) is 9.83. The summed E-state index contributed by atoms with van der Waals surface area (Å²) in [5, 5.41) is 3.61. The standard InChI is InChI=1S/C13H20N2/c1-10(14-12-6-7-12)11-4-8-13(9-5-11)15(2)3/h4-5,8-10,12,14H,6-7H2,1-3H3/t10-/m1/s1. The lowest BCUT2D eigenvalue weighted by Gasteiger charge is -2.16. The molecule has 0 saturated heterocycles. The van der Waals surface area contributed by atoms with E-state index >= 15 is 0 Å². The third kappa shape index (κ3) is 2.72. The lowest BCUT2D eigenvalue weighted by atomic mass is 10.1. The van der Waals surface area contributed by atoms with Gasteiger partial charge in [0.25, 0.3) is 0 Å². The van der Waals surface area contributed by atoms with E-state index in [0.717, 1.165) is 6.04 Å². The Bertz CT molecular complexity index is 312. The van der Waals surface area contributed by atoms with E-state index in [1.54, 1.807) is 0 Å². The predicted molar refractivity (Wildman–Crippen MR) is 65.3 cm³/mol. The van der Waals surface area contributed by atoms with Crippen molar-refractivity contribution in [3.63, 3.8) is 0 Å². The largest absolute Gasteiger partial charge is 0.378 e. The van der Waals surface area contributed by atoms with Gasteiger partial charge in [0.15, 0.2) is 0 Å². The summed E-state index contributed by atoms with van der Waals surface area (Å²) >= 11 is 0. The molecule has 0 heterocycles. The van der Waals surface area contributed by atoms with Crippen LogP contribution in [0.4, 0.5) is 5.69 Å². The summed E-state index contributed by atoms with van der Waals surface area (Å²) in [4.78, 5) is 2.13. The minimum Gasteiger partial charge on any atom is -0.378 e. The molecule has 0 spiro atoms. The van der Waals surface area contributed by atoms with Crippen LogP contribution in [0.2, 0.25) is 0 Å². The third-order valence-corrected chi connectivity index (χ3v) is 2.97. The molecule has 1 aromatic rings. The maximum Gasteiger partial charge on any atom is 0.0361 e. The average molecular weight is 204 g/mol. The first kappa shape index (κ1) is 10.5. The Morgan fingerprint density at radius 2 is 1.80 bits per heavy atom. The molecule has 1 aliphatic carbocycles. The van der Waals surface area contributed by atoms with Crippen LogP contribution in [0.25, 0.3) is 0 Å². The van der Waals surface area contributed by atoms with Gasteiger partial charge in [0.1, 0.15) is 0 Å². The molecule has 15 heavy (non-hydrogen) atoms. The van der Waals surface area contributed by atoms with Crippen molar-refractivity contribution in [1.82, 2.24) is 5.32 Å². The highest BCUT2D eigenvalue weighted by atomic mass is 15.1. The second kappa shape index (κ2) is 4.23. The maximum atomic E-state index is 3.61. The molecule has 0 radical (unpaired) electrons.